The van der Waals surface area contributed by atoms with Crippen LogP contribution in [0.5, 0.6) is 0 Å². The lowest BCUT2D eigenvalue weighted by molar-refractivity contribution is 0.0789. The molecular weight excluding hydrogens is 220 g/mol. The van der Waals surface area contributed by atoms with Gasteiger partial charge in [-0.3, -0.25) is 0 Å². The third-order valence-electron chi connectivity index (χ3n) is 4.50. The third-order valence-corrected chi connectivity index (χ3v) is 4.50. The van der Waals surface area contributed by atoms with Crippen LogP contribution in [0.15, 0.2) is 24.3 Å². The molecule has 18 heavy (non-hydrogen) atoms. The zero-order valence-electron chi connectivity index (χ0n) is 11.9. The van der Waals surface area contributed by atoms with E-state index >= 15 is 0 Å². The van der Waals surface area contributed by atoms with Gasteiger partial charge in [0, 0.05) is 18.0 Å². The first-order valence-corrected chi connectivity index (χ1v) is 7.16. The van der Waals surface area contributed by atoms with Crippen molar-refractivity contribution in [1.29, 1.82) is 0 Å². The maximum Gasteiger partial charge on any atom is 0.0386 e. The van der Waals surface area contributed by atoms with E-state index in [1.165, 1.54) is 30.4 Å². The van der Waals surface area contributed by atoms with Gasteiger partial charge in [0.15, 0.2) is 0 Å². The molecule has 1 aliphatic carbocycles. The maximum absolute atomic E-state index is 3.54. The van der Waals surface area contributed by atoms with E-state index in [4.69, 9.17) is 0 Å². The summed E-state index contributed by atoms with van der Waals surface area (Å²) in [6, 6.07) is 9.62. The molecule has 1 aliphatic rings. The zero-order valence-corrected chi connectivity index (χ0v) is 11.9. The van der Waals surface area contributed by atoms with E-state index < -0.39 is 0 Å². The molecule has 2 rings (SSSR count). The second-order valence-corrected chi connectivity index (χ2v) is 5.56. The van der Waals surface area contributed by atoms with Gasteiger partial charge in [0.05, 0.1) is 0 Å². The van der Waals surface area contributed by atoms with Crippen molar-refractivity contribution in [3.05, 3.63) is 35.4 Å². The summed E-state index contributed by atoms with van der Waals surface area (Å²) in [4.78, 5) is 0. The fourth-order valence-corrected chi connectivity index (χ4v) is 3.32. The molecule has 1 aromatic rings. The Morgan fingerprint density at radius 3 is 2.22 bits per heavy atom. The SMILES string of the molecule is CCc1ccc(C(NC)C2(CNC)CCC2)cc1. The lowest BCUT2D eigenvalue weighted by Crippen LogP contribution is -2.47. The van der Waals surface area contributed by atoms with Crippen LogP contribution in [0.3, 0.4) is 0 Å². The third kappa shape index (κ3) is 2.45. The van der Waals surface area contributed by atoms with Crippen LogP contribution >= 0.6 is 0 Å². The van der Waals surface area contributed by atoms with Crippen molar-refractivity contribution in [2.24, 2.45) is 5.41 Å². The van der Waals surface area contributed by atoms with Crippen molar-refractivity contribution >= 4 is 0 Å². The Morgan fingerprint density at radius 1 is 1.17 bits per heavy atom. The van der Waals surface area contributed by atoms with Crippen molar-refractivity contribution in [3.63, 3.8) is 0 Å². The Kier molecular flexibility index (Phi) is 4.41. The summed E-state index contributed by atoms with van der Waals surface area (Å²) in [6.45, 7) is 3.31. The number of hydrogen-bond donors (Lipinski definition) is 2. The zero-order chi connectivity index (χ0) is 13.0. The molecule has 2 N–H and O–H groups in total. The van der Waals surface area contributed by atoms with Crippen LogP contribution in [-0.2, 0) is 6.42 Å². The van der Waals surface area contributed by atoms with Gasteiger partial charge in [-0.15, -0.1) is 0 Å². The molecule has 0 saturated heterocycles. The Bertz CT molecular complexity index is 365. The monoisotopic (exact) mass is 246 g/mol. The molecule has 1 atom stereocenters. The molecule has 0 aliphatic heterocycles. The van der Waals surface area contributed by atoms with Gasteiger partial charge in [-0.25, -0.2) is 0 Å². The Hall–Kier alpha value is -0.860. The van der Waals surface area contributed by atoms with Gasteiger partial charge in [0.25, 0.3) is 0 Å². The molecule has 0 bridgehead atoms. The van der Waals surface area contributed by atoms with Gasteiger partial charge in [-0.1, -0.05) is 37.6 Å². The highest BCUT2D eigenvalue weighted by Gasteiger charge is 2.43. The first kappa shape index (κ1) is 13.6. The van der Waals surface area contributed by atoms with Crippen LogP contribution in [-0.4, -0.2) is 20.6 Å². The predicted octanol–water partition coefficient (Wildman–Crippen LogP) is 2.90. The molecule has 2 heteroatoms. The van der Waals surface area contributed by atoms with E-state index in [9.17, 15) is 0 Å². The van der Waals surface area contributed by atoms with E-state index in [0.29, 0.717) is 11.5 Å². The van der Waals surface area contributed by atoms with Crippen LogP contribution in [0.2, 0.25) is 0 Å². The fourth-order valence-electron chi connectivity index (χ4n) is 3.32. The molecule has 0 heterocycles. The summed E-state index contributed by atoms with van der Waals surface area (Å²) < 4.78 is 0. The second kappa shape index (κ2) is 5.85. The molecule has 0 spiro atoms. The first-order chi connectivity index (χ1) is 8.75. The number of benzene rings is 1. The molecular formula is C16H26N2. The van der Waals surface area contributed by atoms with Gasteiger partial charge in [0.1, 0.15) is 0 Å². The minimum atomic E-state index is 0.414. The second-order valence-electron chi connectivity index (χ2n) is 5.56. The molecule has 2 nitrogen and oxygen atoms in total. The van der Waals surface area contributed by atoms with E-state index in [-0.39, 0.29) is 0 Å². The van der Waals surface area contributed by atoms with E-state index in [2.05, 4.69) is 55.9 Å². The molecule has 100 valence electrons. The Morgan fingerprint density at radius 2 is 1.83 bits per heavy atom. The number of aryl methyl sites for hydroxylation is 1. The van der Waals surface area contributed by atoms with Crippen molar-refractivity contribution in [2.75, 3.05) is 20.6 Å². The highest BCUT2D eigenvalue weighted by atomic mass is 14.9. The molecule has 1 fully saturated rings. The lowest BCUT2D eigenvalue weighted by atomic mass is 9.62. The summed E-state index contributed by atoms with van der Waals surface area (Å²) in [7, 11) is 4.15. The average molecular weight is 246 g/mol. The normalized spacial score (nSPS) is 19.3. The topological polar surface area (TPSA) is 24.1 Å². The number of rotatable bonds is 6. The minimum Gasteiger partial charge on any atom is -0.319 e. The highest BCUT2D eigenvalue weighted by Crippen LogP contribution is 2.49. The van der Waals surface area contributed by atoms with Crippen LogP contribution in [0.4, 0.5) is 0 Å². The smallest absolute Gasteiger partial charge is 0.0386 e. The summed E-state index contributed by atoms with van der Waals surface area (Å²) in [5.41, 5.74) is 3.27. The standard InChI is InChI=1S/C16H26N2/c1-4-13-6-8-14(9-7-13)15(18-3)16(12-17-2)10-5-11-16/h6-9,15,17-18H,4-5,10-12H2,1-3H3. The van der Waals surface area contributed by atoms with Gasteiger partial charge >= 0.3 is 0 Å². The molecule has 1 aromatic carbocycles. The minimum absolute atomic E-state index is 0.414. The van der Waals surface area contributed by atoms with Crippen molar-refractivity contribution in [1.82, 2.24) is 10.6 Å². The van der Waals surface area contributed by atoms with Crippen LogP contribution in [0.1, 0.15) is 43.4 Å². The lowest BCUT2D eigenvalue weighted by Gasteiger charge is -2.48. The fraction of sp³-hybridized carbons (Fsp3) is 0.625. The first-order valence-electron chi connectivity index (χ1n) is 7.16. The van der Waals surface area contributed by atoms with Crippen molar-refractivity contribution in [3.8, 4) is 0 Å². The highest BCUT2D eigenvalue weighted by molar-refractivity contribution is 5.27. The average Bonchev–Trinajstić information content (AvgIpc) is 2.37. The van der Waals surface area contributed by atoms with Gasteiger partial charge < -0.3 is 10.6 Å². The summed E-state index contributed by atoms with van der Waals surface area (Å²) in [6.07, 6.45) is 5.14. The van der Waals surface area contributed by atoms with Gasteiger partial charge in [-0.2, -0.15) is 0 Å². The Balaban J connectivity index is 2.20. The van der Waals surface area contributed by atoms with Gasteiger partial charge in [0.2, 0.25) is 0 Å². The van der Waals surface area contributed by atoms with E-state index in [1.807, 2.05) is 0 Å². The van der Waals surface area contributed by atoms with Crippen LogP contribution in [0, 0.1) is 5.41 Å². The van der Waals surface area contributed by atoms with E-state index in [0.717, 1.165) is 13.0 Å². The van der Waals surface area contributed by atoms with Crippen molar-refractivity contribution < 1.29 is 0 Å². The van der Waals surface area contributed by atoms with Crippen LogP contribution < -0.4 is 10.6 Å². The maximum atomic E-state index is 3.54. The summed E-state index contributed by atoms with van der Waals surface area (Å²) in [5.74, 6) is 0. The van der Waals surface area contributed by atoms with Gasteiger partial charge in [-0.05, 0) is 44.5 Å². The largest absolute Gasteiger partial charge is 0.319 e. The predicted molar refractivity (Wildman–Crippen MR) is 77.8 cm³/mol. The molecule has 0 aromatic heterocycles. The van der Waals surface area contributed by atoms with Crippen LogP contribution in [0.25, 0.3) is 0 Å². The molecule has 1 saturated carbocycles. The summed E-state index contributed by atoms with van der Waals surface area (Å²) >= 11 is 0. The molecule has 0 radical (unpaired) electrons. The molecule has 0 amide bonds. The molecule has 1 unspecified atom stereocenters. The summed E-state index contributed by atoms with van der Waals surface area (Å²) in [5, 5.41) is 6.92. The number of nitrogens with one attached hydrogen (secondary N) is 2. The van der Waals surface area contributed by atoms with Crippen molar-refractivity contribution in [2.45, 2.75) is 38.6 Å². The quantitative estimate of drug-likeness (QED) is 0.806. The number of hydrogen-bond acceptors (Lipinski definition) is 2. The van der Waals surface area contributed by atoms with E-state index in [1.54, 1.807) is 0 Å². The Labute approximate surface area is 111 Å².